The lowest BCUT2D eigenvalue weighted by Gasteiger charge is -2.36. The van der Waals surface area contributed by atoms with Gasteiger partial charge in [0.05, 0.1) is 16.8 Å². The lowest BCUT2D eigenvalue weighted by molar-refractivity contribution is 0.0604. The highest BCUT2D eigenvalue weighted by atomic mass is 35.5. The second kappa shape index (κ2) is 8.89. The summed E-state index contributed by atoms with van der Waals surface area (Å²) in [4.78, 5) is 14.6. The van der Waals surface area contributed by atoms with E-state index < -0.39 is 10.0 Å². The van der Waals surface area contributed by atoms with Crippen LogP contribution in [-0.2, 0) is 10.0 Å². The van der Waals surface area contributed by atoms with Crippen LogP contribution in [0.25, 0.3) is 0 Å². The van der Waals surface area contributed by atoms with Crippen molar-refractivity contribution in [2.24, 2.45) is 0 Å². The van der Waals surface area contributed by atoms with Gasteiger partial charge in [0.2, 0.25) is 10.0 Å². The smallest absolute Gasteiger partial charge is 0.255 e. The number of rotatable bonds is 5. The number of hydrogen-bond acceptors (Lipinski definition) is 4. The van der Waals surface area contributed by atoms with Gasteiger partial charge in [0.15, 0.2) is 0 Å². The number of anilines is 1. The number of nitrogens with one attached hydrogen (secondary N) is 1. The standard InChI is InChI=1S/C15H22ClN3O3S.ClH/c1-23(21,22)18-8-7-12-4-2-3-9-19(12)15(20)13-6-5-11(17)10-14(13)16;/h5-6,10,12,18H,2-4,7-9,17H2,1H3;1H. The molecule has 1 aliphatic rings. The van der Waals surface area contributed by atoms with Crippen molar-refractivity contribution in [3.63, 3.8) is 0 Å². The number of halogens is 2. The van der Waals surface area contributed by atoms with Crippen LogP contribution >= 0.6 is 24.0 Å². The first-order chi connectivity index (χ1) is 10.8. The highest BCUT2D eigenvalue weighted by Crippen LogP contribution is 2.26. The zero-order valence-electron chi connectivity index (χ0n) is 13.5. The van der Waals surface area contributed by atoms with Gasteiger partial charge in [0.25, 0.3) is 5.91 Å². The van der Waals surface area contributed by atoms with E-state index in [9.17, 15) is 13.2 Å². The summed E-state index contributed by atoms with van der Waals surface area (Å²) in [6, 6.07) is 4.88. The van der Waals surface area contributed by atoms with Crippen LogP contribution in [0.1, 0.15) is 36.0 Å². The molecule has 24 heavy (non-hydrogen) atoms. The summed E-state index contributed by atoms with van der Waals surface area (Å²) in [6.07, 6.45) is 4.55. The molecule has 0 bridgehead atoms. The average Bonchev–Trinajstić information content (AvgIpc) is 2.46. The Balaban J connectivity index is 0.00000288. The van der Waals surface area contributed by atoms with Gasteiger partial charge in [-0.2, -0.15) is 0 Å². The summed E-state index contributed by atoms with van der Waals surface area (Å²) in [6.45, 7) is 0.978. The summed E-state index contributed by atoms with van der Waals surface area (Å²) in [5.41, 5.74) is 6.61. The monoisotopic (exact) mass is 395 g/mol. The van der Waals surface area contributed by atoms with Crippen LogP contribution in [0.4, 0.5) is 5.69 Å². The Kier molecular flexibility index (Phi) is 7.79. The van der Waals surface area contributed by atoms with Gasteiger partial charge in [0, 0.05) is 24.8 Å². The van der Waals surface area contributed by atoms with Gasteiger partial charge in [-0.25, -0.2) is 13.1 Å². The summed E-state index contributed by atoms with van der Waals surface area (Å²) in [5, 5.41) is 0.341. The van der Waals surface area contributed by atoms with E-state index in [4.69, 9.17) is 17.3 Å². The van der Waals surface area contributed by atoms with Crippen molar-refractivity contribution in [1.82, 2.24) is 9.62 Å². The van der Waals surface area contributed by atoms with Crippen molar-refractivity contribution in [2.45, 2.75) is 31.7 Å². The molecule has 1 fully saturated rings. The number of amides is 1. The second-order valence-corrected chi connectivity index (χ2v) is 8.08. The van der Waals surface area contributed by atoms with Gasteiger partial charge in [0.1, 0.15) is 0 Å². The number of nitrogens with two attached hydrogens (primary N) is 1. The van der Waals surface area contributed by atoms with Gasteiger partial charge in [-0.3, -0.25) is 4.79 Å². The van der Waals surface area contributed by atoms with E-state index in [1.807, 2.05) is 0 Å². The fourth-order valence-corrected chi connectivity index (χ4v) is 3.60. The molecule has 1 amide bonds. The molecule has 1 heterocycles. The van der Waals surface area contributed by atoms with Crippen molar-refractivity contribution >= 4 is 45.6 Å². The van der Waals surface area contributed by atoms with E-state index in [-0.39, 0.29) is 24.4 Å². The Morgan fingerprint density at radius 3 is 2.75 bits per heavy atom. The van der Waals surface area contributed by atoms with Gasteiger partial charge in [-0.05, 0) is 43.9 Å². The average molecular weight is 396 g/mol. The number of benzene rings is 1. The largest absolute Gasteiger partial charge is 0.399 e. The maximum Gasteiger partial charge on any atom is 0.255 e. The molecule has 2 rings (SSSR count). The quantitative estimate of drug-likeness (QED) is 0.747. The summed E-state index contributed by atoms with van der Waals surface area (Å²) >= 11 is 6.14. The molecule has 0 aliphatic carbocycles. The molecule has 1 unspecified atom stereocenters. The number of carbonyl (C=O) groups excluding carboxylic acids is 1. The number of carbonyl (C=O) groups is 1. The van der Waals surface area contributed by atoms with Crippen LogP contribution in [0.2, 0.25) is 5.02 Å². The number of hydrogen-bond donors (Lipinski definition) is 2. The van der Waals surface area contributed by atoms with Crippen LogP contribution in [0.3, 0.4) is 0 Å². The Morgan fingerprint density at radius 1 is 1.42 bits per heavy atom. The predicted molar refractivity (Wildman–Crippen MR) is 99.3 cm³/mol. The molecular formula is C15H23Cl2N3O3S. The molecule has 0 spiro atoms. The minimum absolute atomic E-state index is 0. The van der Waals surface area contributed by atoms with Gasteiger partial charge < -0.3 is 10.6 Å². The molecule has 6 nitrogen and oxygen atoms in total. The maximum absolute atomic E-state index is 12.8. The van der Waals surface area contributed by atoms with E-state index in [0.717, 1.165) is 25.5 Å². The first-order valence-corrected chi connectivity index (χ1v) is 9.85. The molecule has 1 aromatic rings. The Bertz CT molecular complexity index is 683. The highest BCUT2D eigenvalue weighted by molar-refractivity contribution is 7.88. The predicted octanol–water partition coefficient (Wildman–Crippen LogP) is 2.28. The van der Waals surface area contributed by atoms with Gasteiger partial charge >= 0.3 is 0 Å². The highest BCUT2D eigenvalue weighted by Gasteiger charge is 2.28. The van der Waals surface area contributed by atoms with Crippen molar-refractivity contribution in [2.75, 3.05) is 25.1 Å². The number of nitrogens with zero attached hydrogens (tertiary/aromatic N) is 1. The summed E-state index contributed by atoms with van der Waals surface area (Å²) in [7, 11) is -3.21. The summed E-state index contributed by atoms with van der Waals surface area (Å²) < 4.78 is 24.8. The molecular weight excluding hydrogens is 373 g/mol. The second-order valence-electron chi connectivity index (χ2n) is 5.84. The Hall–Kier alpha value is -1.02. The van der Waals surface area contributed by atoms with Gasteiger partial charge in [-0.15, -0.1) is 12.4 Å². The van der Waals surface area contributed by atoms with E-state index in [1.165, 1.54) is 0 Å². The third kappa shape index (κ3) is 5.81. The van der Waals surface area contributed by atoms with E-state index >= 15 is 0 Å². The van der Waals surface area contributed by atoms with Crippen molar-refractivity contribution in [3.05, 3.63) is 28.8 Å². The van der Waals surface area contributed by atoms with Crippen LogP contribution in [0.15, 0.2) is 18.2 Å². The number of sulfonamides is 1. The van der Waals surface area contributed by atoms with E-state index in [0.29, 0.717) is 35.8 Å². The molecule has 1 saturated heterocycles. The molecule has 1 aromatic carbocycles. The fraction of sp³-hybridized carbons (Fsp3) is 0.533. The molecule has 9 heteroatoms. The normalized spacial score (nSPS) is 18.1. The van der Waals surface area contributed by atoms with E-state index in [2.05, 4.69) is 4.72 Å². The minimum Gasteiger partial charge on any atom is -0.399 e. The molecule has 0 saturated carbocycles. The van der Waals surface area contributed by atoms with Crippen LogP contribution in [0.5, 0.6) is 0 Å². The summed E-state index contributed by atoms with van der Waals surface area (Å²) in [5.74, 6) is -0.126. The zero-order chi connectivity index (χ0) is 17.0. The van der Waals surface area contributed by atoms with Crippen molar-refractivity contribution < 1.29 is 13.2 Å². The lowest BCUT2D eigenvalue weighted by atomic mass is 9.98. The Morgan fingerprint density at radius 2 is 2.12 bits per heavy atom. The number of nitrogen functional groups attached to an aromatic ring is 1. The molecule has 3 N–H and O–H groups in total. The fourth-order valence-electron chi connectivity index (χ4n) is 2.84. The third-order valence-corrected chi connectivity index (χ3v) is 4.99. The van der Waals surface area contributed by atoms with Gasteiger partial charge in [-0.1, -0.05) is 11.6 Å². The molecule has 1 aliphatic heterocycles. The zero-order valence-corrected chi connectivity index (χ0v) is 15.9. The SMILES string of the molecule is CS(=O)(=O)NCCC1CCCCN1C(=O)c1ccc(N)cc1Cl.Cl. The maximum atomic E-state index is 12.8. The van der Waals surface area contributed by atoms with Crippen molar-refractivity contribution in [3.8, 4) is 0 Å². The van der Waals surface area contributed by atoms with Crippen molar-refractivity contribution in [1.29, 1.82) is 0 Å². The van der Waals surface area contributed by atoms with Crippen LogP contribution in [0, 0.1) is 0 Å². The number of likely N-dealkylation sites (tertiary alicyclic amines) is 1. The minimum atomic E-state index is -3.21. The molecule has 0 aromatic heterocycles. The third-order valence-electron chi connectivity index (χ3n) is 3.95. The topological polar surface area (TPSA) is 92.5 Å². The van der Waals surface area contributed by atoms with Crippen LogP contribution < -0.4 is 10.5 Å². The van der Waals surface area contributed by atoms with E-state index in [1.54, 1.807) is 23.1 Å². The molecule has 1 atom stereocenters. The number of piperidine rings is 1. The molecule has 0 radical (unpaired) electrons. The molecule has 136 valence electrons. The van der Waals surface area contributed by atoms with Crippen LogP contribution in [-0.4, -0.2) is 44.6 Å². The first-order valence-electron chi connectivity index (χ1n) is 7.58. The Labute approximate surface area is 154 Å². The lowest BCUT2D eigenvalue weighted by Crippen LogP contribution is -2.45. The first kappa shape index (κ1) is 21.0.